The van der Waals surface area contributed by atoms with Gasteiger partial charge in [-0.15, -0.1) is 0 Å². The Hall–Kier alpha value is -1.69. The zero-order valence-corrected chi connectivity index (χ0v) is 6.82. The number of hydrazine groups is 1. The number of amides is 1. The molecule has 4 N–H and O–H groups in total. The van der Waals surface area contributed by atoms with Gasteiger partial charge < -0.3 is 5.32 Å². The van der Waals surface area contributed by atoms with Gasteiger partial charge in [-0.1, -0.05) is 0 Å². The fraction of sp³-hybridized carbons (Fsp3) is 0.286. The molecule has 0 bridgehead atoms. The first-order valence-electron chi connectivity index (χ1n) is 3.87. The van der Waals surface area contributed by atoms with E-state index < -0.39 is 0 Å². The van der Waals surface area contributed by atoms with Crippen molar-refractivity contribution >= 4 is 11.7 Å². The minimum Gasteiger partial charge on any atom is -0.369 e. The number of hydrogen-bond donors (Lipinski definition) is 3. The Morgan fingerprint density at radius 1 is 1.77 bits per heavy atom. The summed E-state index contributed by atoms with van der Waals surface area (Å²) in [7, 11) is 0. The molecule has 0 spiro atoms. The first kappa shape index (κ1) is 7.93. The van der Waals surface area contributed by atoms with Gasteiger partial charge in [0.1, 0.15) is 12.1 Å². The van der Waals surface area contributed by atoms with E-state index in [1.54, 1.807) is 6.20 Å². The number of nitrogens with one attached hydrogen (secondary N) is 2. The van der Waals surface area contributed by atoms with E-state index in [1.165, 1.54) is 6.33 Å². The van der Waals surface area contributed by atoms with Gasteiger partial charge in [0.2, 0.25) is 5.91 Å². The number of rotatable bonds is 1. The van der Waals surface area contributed by atoms with Crippen LogP contribution in [-0.2, 0) is 4.79 Å². The van der Waals surface area contributed by atoms with Crippen molar-refractivity contribution in [3.05, 3.63) is 18.1 Å². The van der Waals surface area contributed by atoms with Crippen molar-refractivity contribution in [2.45, 2.75) is 5.92 Å². The monoisotopic (exact) mass is 179 g/mol. The Morgan fingerprint density at radius 3 is 3.38 bits per heavy atom. The predicted molar refractivity (Wildman–Crippen MR) is 45.6 cm³/mol. The number of carbonyl (C=O) groups excluding carboxylic acids is 1. The average molecular weight is 179 g/mol. The number of fused-ring (bicyclic) bond motifs is 1. The maximum absolute atomic E-state index is 11.2. The number of carbonyl (C=O) groups is 1. The molecule has 1 aliphatic rings. The molecule has 1 aromatic heterocycles. The number of hydrogen-bond acceptors (Lipinski definition) is 5. The van der Waals surface area contributed by atoms with Crippen LogP contribution in [0.1, 0.15) is 11.5 Å². The first-order chi connectivity index (χ1) is 6.33. The Kier molecular flexibility index (Phi) is 1.82. The van der Waals surface area contributed by atoms with Crippen molar-refractivity contribution in [1.29, 1.82) is 0 Å². The molecule has 1 aromatic rings. The molecule has 1 atom stereocenters. The van der Waals surface area contributed by atoms with Crippen LogP contribution in [0.25, 0.3) is 0 Å². The molecule has 68 valence electrons. The van der Waals surface area contributed by atoms with Crippen molar-refractivity contribution in [2.24, 2.45) is 5.84 Å². The summed E-state index contributed by atoms with van der Waals surface area (Å²) in [5.41, 5.74) is 2.91. The first-order valence-corrected chi connectivity index (χ1v) is 3.87. The highest BCUT2D eigenvalue weighted by molar-refractivity contribution is 5.86. The van der Waals surface area contributed by atoms with E-state index in [4.69, 9.17) is 5.84 Å². The van der Waals surface area contributed by atoms with Crippen molar-refractivity contribution in [3.63, 3.8) is 0 Å². The quantitative estimate of drug-likeness (QED) is 0.291. The zero-order chi connectivity index (χ0) is 9.26. The van der Waals surface area contributed by atoms with E-state index in [0.29, 0.717) is 12.4 Å². The van der Waals surface area contributed by atoms with Crippen LogP contribution < -0.4 is 16.6 Å². The highest BCUT2D eigenvalue weighted by Gasteiger charge is 2.28. The van der Waals surface area contributed by atoms with Gasteiger partial charge in [0, 0.05) is 18.3 Å². The summed E-state index contributed by atoms with van der Waals surface area (Å²) >= 11 is 0. The fourth-order valence-electron chi connectivity index (χ4n) is 1.39. The van der Waals surface area contributed by atoms with Gasteiger partial charge in [0.15, 0.2) is 0 Å². The van der Waals surface area contributed by atoms with Gasteiger partial charge in [0.25, 0.3) is 0 Å². The van der Waals surface area contributed by atoms with Crippen molar-refractivity contribution < 1.29 is 4.79 Å². The van der Waals surface area contributed by atoms with E-state index in [0.717, 1.165) is 5.56 Å². The van der Waals surface area contributed by atoms with Gasteiger partial charge in [0.05, 0.1) is 5.92 Å². The highest BCUT2D eigenvalue weighted by Crippen LogP contribution is 2.27. The lowest BCUT2D eigenvalue weighted by atomic mass is 10.0. The molecule has 13 heavy (non-hydrogen) atoms. The fourth-order valence-corrected chi connectivity index (χ4v) is 1.39. The van der Waals surface area contributed by atoms with Crippen LogP contribution in [0.5, 0.6) is 0 Å². The summed E-state index contributed by atoms with van der Waals surface area (Å²) < 4.78 is 0. The normalized spacial score (nSPS) is 19.0. The van der Waals surface area contributed by atoms with Gasteiger partial charge in [-0.2, -0.15) is 0 Å². The van der Waals surface area contributed by atoms with Gasteiger partial charge >= 0.3 is 0 Å². The summed E-state index contributed by atoms with van der Waals surface area (Å²) in [6.45, 7) is 0.525. The average Bonchev–Trinajstić information content (AvgIpc) is 2.60. The topological polar surface area (TPSA) is 92.9 Å². The molecule has 2 rings (SSSR count). The molecule has 0 fully saturated rings. The third kappa shape index (κ3) is 1.20. The van der Waals surface area contributed by atoms with Crippen molar-refractivity contribution in [1.82, 2.24) is 15.4 Å². The lowest BCUT2D eigenvalue weighted by Crippen LogP contribution is -2.35. The third-order valence-electron chi connectivity index (χ3n) is 2.05. The van der Waals surface area contributed by atoms with Crippen molar-refractivity contribution in [2.75, 3.05) is 11.9 Å². The number of anilines is 1. The molecule has 1 unspecified atom stereocenters. The van der Waals surface area contributed by atoms with Crippen LogP contribution in [0.2, 0.25) is 0 Å². The third-order valence-corrected chi connectivity index (χ3v) is 2.05. The van der Waals surface area contributed by atoms with E-state index in [2.05, 4.69) is 20.7 Å². The molecular formula is C7H9N5O. The largest absolute Gasteiger partial charge is 0.369 e. The number of nitrogens with two attached hydrogens (primary N) is 1. The van der Waals surface area contributed by atoms with Crippen LogP contribution in [0.4, 0.5) is 5.82 Å². The summed E-state index contributed by atoms with van der Waals surface area (Å²) in [6, 6.07) is 0. The lowest BCUT2D eigenvalue weighted by molar-refractivity contribution is -0.122. The molecule has 0 saturated heterocycles. The Labute approximate surface area is 74.5 Å². The van der Waals surface area contributed by atoms with Crippen LogP contribution in [0.15, 0.2) is 12.5 Å². The molecule has 6 heteroatoms. The van der Waals surface area contributed by atoms with Gasteiger partial charge in [-0.25, -0.2) is 15.8 Å². The van der Waals surface area contributed by atoms with E-state index in [1.807, 2.05) is 0 Å². The minimum absolute atomic E-state index is 0.221. The zero-order valence-electron chi connectivity index (χ0n) is 6.82. The summed E-state index contributed by atoms with van der Waals surface area (Å²) in [5, 5.41) is 3.00. The maximum Gasteiger partial charge on any atom is 0.243 e. The number of nitrogens with zero attached hydrogens (tertiary/aromatic N) is 2. The van der Waals surface area contributed by atoms with E-state index >= 15 is 0 Å². The minimum atomic E-state index is -0.277. The predicted octanol–water partition coefficient (Wildman–Crippen LogP) is -1.02. The second-order valence-corrected chi connectivity index (χ2v) is 2.77. The Morgan fingerprint density at radius 2 is 2.62 bits per heavy atom. The van der Waals surface area contributed by atoms with Gasteiger partial charge in [-0.3, -0.25) is 10.2 Å². The molecule has 1 aliphatic heterocycles. The Balaban J connectivity index is 2.33. The molecular weight excluding hydrogens is 170 g/mol. The van der Waals surface area contributed by atoms with E-state index in [-0.39, 0.29) is 11.8 Å². The smallest absolute Gasteiger partial charge is 0.243 e. The van der Waals surface area contributed by atoms with Crippen molar-refractivity contribution in [3.8, 4) is 0 Å². The molecule has 0 radical (unpaired) electrons. The van der Waals surface area contributed by atoms with E-state index in [9.17, 15) is 4.79 Å². The molecule has 0 saturated carbocycles. The standard InChI is InChI=1S/C7H9N5O/c8-12-7(13)5-2-10-6-4(5)1-9-3-11-6/h1,3,5H,2,8H2,(H,12,13)(H,9,10,11). The second-order valence-electron chi connectivity index (χ2n) is 2.77. The maximum atomic E-state index is 11.2. The Bertz CT molecular complexity index is 339. The van der Waals surface area contributed by atoms with Crippen LogP contribution in [-0.4, -0.2) is 22.4 Å². The van der Waals surface area contributed by atoms with Crippen LogP contribution in [0, 0.1) is 0 Å². The highest BCUT2D eigenvalue weighted by atomic mass is 16.2. The second kappa shape index (κ2) is 2.98. The summed E-state index contributed by atoms with van der Waals surface area (Å²) in [4.78, 5) is 19.1. The lowest BCUT2D eigenvalue weighted by Gasteiger charge is -2.05. The van der Waals surface area contributed by atoms with Crippen LogP contribution >= 0.6 is 0 Å². The summed E-state index contributed by atoms with van der Waals surface area (Å²) in [6.07, 6.45) is 3.07. The van der Waals surface area contributed by atoms with Gasteiger partial charge in [-0.05, 0) is 0 Å². The number of aromatic nitrogens is 2. The SMILES string of the molecule is NNC(=O)C1CNc2ncncc21. The molecule has 6 nitrogen and oxygen atoms in total. The molecule has 2 heterocycles. The van der Waals surface area contributed by atoms with Crippen LogP contribution in [0.3, 0.4) is 0 Å². The summed E-state index contributed by atoms with van der Waals surface area (Å²) in [5.74, 6) is 5.25. The molecule has 0 aromatic carbocycles. The molecule has 0 aliphatic carbocycles. The molecule has 1 amide bonds.